The fourth-order valence-corrected chi connectivity index (χ4v) is 18.1. The number of aromatic amines is 4. The van der Waals surface area contributed by atoms with Crippen LogP contribution in [-0.2, 0) is 5.41 Å². The van der Waals surface area contributed by atoms with Crippen molar-refractivity contribution < 1.29 is 18.9 Å². The first-order valence-electron chi connectivity index (χ1n) is 39.3. The highest BCUT2D eigenvalue weighted by molar-refractivity contribution is 6.11. The minimum absolute atomic E-state index is 0.0648. The van der Waals surface area contributed by atoms with Gasteiger partial charge in [0.05, 0.1) is 5.41 Å². The number of terminal acetylenes is 4. The molecule has 554 valence electrons. The van der Waals surface area contributed by atoms with E-state index in [1.807, 2.05) is 73.3 Å². The molecule has 117 heavy (non-hydrogen) atoms. The average molecular weight is 1500 g/mol. The third-order valence-corrected chi connectivity index (χ3v) is 23.5. The van der Waals surface area contributed by atoms with Gasteiger partial charge in [-0.05, 0) is 319 Å². The van der Waals surface area contributed by atoms with E-state index in [1.165, 1.54) is 27.8 Å². The maximum Gasteiger partial charge on any atom is 0.148 e. The predicted octanol–water partition coefficient (Wildman–Crippen LogP) is 24.2. The number of rotatable bonds is 20. The Morgan fingerprint density at radius 2 is 0.581 bits per heavy atom. The Morgan fingerprint density at radius 1 is 0.299 bits per heavy atom. The molecule has 5 aliphatic rings. The van der Waals surface area contributed by atoms with Gasteiger partial charge >= 0.3 is 0 Å². The maximum absolute atomic E-state index is 6.05. The SMILES string of the molecule is C#CCOc1ccc2c(c1)/C(=C\c1ccc[nH]1)c1cc(-c3ccc(C(c4ccc(-c5ccc6c(c5)/C(=C/c5ccc[nH]5)c5cc(OCC#C)ccc5-6)cc4)(c4ccc(-c5ccc6c(c5)/C(=C/c5ccc[nH]5)c5cc(OCC#C)ccc5-6)cc4)c4ccc(C5C=CC6=C(C5)/C(=C/c5ccc[nH]5)c5cc(OCC#C)ccc56)cc4)cc3)ccc1-2. The summed E-state index contributed by atoms with van der Waals surface area (Å²) in [4.78, 5) is 13.7. The standard InChI is InChI=1S/C109H74N4O4/c1-5-53-114-85-37-45-93-89-41-25-73(57-97(89)101(105(93)65-85)61-81-13-9-49-110-81)69-17-29-77(30-18-69)109(78-31-19-70(20-32-78)74-26-42-90-94-46-38-86(115-54-6-2)66-106(94)102(98(90)58-74)62-82-14-10-50-111-82,79-33-21-71(22-34-79)75-27-43-91-95-47-39-87(116-55-7-3)67-107(95)103(99(91)59-75)63-83-15-11-51-112-83)80-35-23-72(24-36-80)76-28-44-92-96-48-40-88(117-56-8-4)68-108(96)104(100(92)60-76)64-84-16-12-52-113-84/h1-4,9-52,57-59,61-68,76,110-113H,53-56,60H2/b101-61-,102-62-,103-63-,104-64-. The fraction of sp³-hybridized carbons (Fsp3) is 0.0642. The molecule has 0 fully saturated rings. The van der Waals surface area contributed by atoms with Gasteiger partial charge in [-0.25, -0.2) is 0 Å². The van der Waals surface area contributed by atoms with Gasteiger partial charge in [0.1, 0.15) is 49.4 Å². The first kappa shape index (κ1) is 70.5. The molecule has 0 saturated heterocycles. The summed E-state index contributed by atoms with van der Waals surface area (Å²) in [5.41, 5.74) is 38.1. The molecule has 1 atom stereocenters. The molecule has 0 aliphatic heterocycles. The van der Waals surface area contributed by atoms with Crippen molar-refractivity contribution in [2.45, 2.75) is 17.8 Å². The largest absolute Gasteiger partial charge is 0.481 e. The van der Waals surface area contributed by atoms with Crippen LogP contribution >= 0.6 is 0 Å². The number of allylic oxidation sites excluding steroid dienone is 5. The second-order valence-corrected chi connectivity index (χ2v) is 30.0. The lowest BCUT2D eigenvalue weighted by Gasteiger charge is -2.37. The van der Waals surface area contributed by atoms with Crippen LogP contribution in [-0.4, -0.2) is 46.4 Å². The lowest BCUT2D eigenvalue weighted by molar-refractivity contribution is 0.370. The van der Waals surface area contributed by atoms with E-state index in [9.17, 15) is 0 Å². The van der Waals surface area contributed by atoms with E-state index in [2.05, 4.69) is 305 Å². The van der Waals surface area contributed by atoms with E-state index < -0.39 is 5.41 Å². The van der Waals surface area contributed by atoms with Crippen molar-refractivity contribution in [3.63, 3.8) is 0 Å². The number of hydrogen-bond donors (Lipinski definition) is 4. The second-order valence-electron chi connectivity index (χ2n) is 30.0. The van der Waals surface area contributed by atoms with E-state index in [0.717, 1.165) is 197 Å². The van der Waals surface area contributed by atoms with Crippen molar-refractivity contribution in [1.82, 2.24) is 19.9 Å². The number of hydrogen-bond acceptors (Lipinski definition) is 4. The lowest BCUT2D eigenvalue weighted by atomic mass is 9.64. The van der Waals surface area contributed by atoms with Crippen LogP contribution in [0.3, 0.4) is 0 Å². The second kappa shape index (κ2) is 29.8. The zero-order valence-electron chi connectivity index (χ0n) is 63.8. The molecule has 0 saturated carbocycles. The summed E-state index contributed by atoms with van der Waals surface area (Å²) in [6.45, 7) is 0.731. The van der Waals surface area contributed by atoms with E-state index in [0.29, 0.717) is 0 Å². The van der Waals surface area contributed by atoms with Gasteiger partial charge in [0, 0.05) is 53.5 Å². The van der Waals surface area contributed by atoms with Gasteiger partial charge in [-0.1, -0.05) is 194 Å². The van der Waals surface area contributed by atoms with Gasteiger partial charge < -0.3 is 38.9 Å². The molecule has 4 aromatic heterocycles. The molecule has 11 aromatic carbocycles. The lowest BCUT2D eigenvalue weighted by Crippen LogP contribution is -2.31. The summed E-state index contributed by atoms with van der Waals surface area (Å²) in [7, 11) is 0. The van der Waals surface area contributed by atoms with Gasteiger partial charge in [0.25, 0.3) is 0 Å². The van der Waals surface area contributed by atoms with Gasteiger partial charge in [0.2, 0.25) is 0 Å². The van der Waals surface area contributed by atoms with Crippen LogP contribution in [0.1, 0.15) is 107 Å². The van der Waals surface area contributed by atoms with Crippen LogP contribution in [0.15, 0.2) is 315 Å². The predicted molar refractivity (Wildman–Crippen MR) is 477 cm³/mol. The molecule has 4 heterocycles. The Hall–Kier alpha value is -15.6. The Kier molecular flexibility index (Phi) is 18.0. The molecule has 8 heteroatoms. The number of benzene rings is 11. The number of H-pyrrole nitrogens is 4. The summed E-state index contributed by atoms with van der Waals surface area (Å²) >= 11 is 0. The van der Waals surface area contributed by atoms with Crippen LogP contribution in [0.25, 0.3) is 119 Å². The highest BCUT2D eigenvalue weighted by atomic mass is 16.5. The summed E-state index contributed by atoms with van der Waals surface area (Å²) < 4.78 is 24.1. The number of ether oxygens (including phenoxy) is 4. The first-order valence-corrected chi connectivity index (χ1v) is 39.3. The van der Waals surface area contributed by atoms with E-state index >= 15 is 0 Å². The fourth-order valence-electron chi connectivity index (χ4n) is 18.1. The quantitative estimate of drug-likeness (QED) is 0.0451. The van der Waals surface area contributed by atoms with Crippen molar-refractivity contribution in [2.24, 2.45) is 0 Å². The Balaban J connectivity index is 0.737. The Bertz CT molecular complexity index is 6330. The molecule has 8 nitrogen and oxygen atoms in total. The Labute approximate surface area is 680 Å². The molecule has 20 rings (SSSR count). The zero-order chi connectivity index (χ0) is 78.5. The van der Waals surface area contributed by atoms with Crippen molar-refractivity contribution >= 4 is 52.2 Å². The number of fused-ring (bicyclic) bond motifs is 11. The Morgan fingerprint density at radius 3 is 0.897 bits per heavy atom. The van der Waals surface area contributed by atoms with Crippen LogP contribution in [0, 0.1) is 49.4 Å². The normalized spacial score (nSPS) is 15.0. The monoisotopic (exact) mass is 1500 g/mol. The summed E-state index contributed by atoms with van der Waals surface area (Å²) in [5, 5.41) is 0. The topological polar surface area (TPSA) is 100 Å². The minimum Gasteiger partial charge on any atom is -0.481 e. The highest BCUT2D eigenvalue weighted by Gasteiger charge is 2.40. The summed E-state index contributed by atoms with van der Waals surface area (Å²) in [6.07, 6.45) is 45.1. The minimum atomic E-state index is -0.912. The van der Waals surface area contributed by atoms with Crippen LogP contribution in [0.4, 0.5) is 0 Å². The summed E-state index contributed by atoms with van der Waals surface area (Å²) in [5.74, 6) is 13.5. The molecular weight excluding hydrogens is 1430 g/mol. The molecule has 5 aliphatic carbocycles. The number of nitrogens with one attached hydrogen (secondary N) is 4. The zero-order valence-corrected chi connectivity index (χ0v) is 63.8. The van der Waals surface area contributed by atoms with Crippen molar-refractivity contribution in [1.29, 1.82) is 0 Å². The third kappa shape index (κ3) is 12.7. The molecule has 0 amide bonds. The molecule has 4 N–H and O–H groups in total. The van der Waals surface area contributed by atoms with E-state index in [4.69, 9.17) is 44.6 Å². The van der Waals surface area contributed by atoms with Gasteiger partial charge in [0.15, 0.2) is 0 Å². The van der Waals surface area contributed by atoms with Gasteiger partial charge in [-0.2, -0.15) is 0 Å². The van der Waals surface area contributed by atoms with Crippen molar-refractivity contribution in [3.05, 3.63) is 411 Å². The first-order chi connectivity index (χ1) is 57.7. The van der Waals surface area contributed by atoms with Gasteiger partial charge in [-0.3, -0.25) is 0 Å². The van der Waals surface area contributed by atoms with Crippen LogP contribution in [0.5, 0.6) is 23.0 Å². The molecule has 0 bridgehead atoms. The molecule has 0 radical (unpaired) electrons. The van der Waals surface area contributed by atoms with E-state index in [-0.39, 0.29) is 32.3 Å². The molecular formula is C109H74N4O4. The van der Waals surface area contributed by atoms with Crippen molar-refractivity contribution in [2.75, 3.05) is 26.4 Å². The van der Waals surface area contributed by atoms with Crippen LogP contribution in [0.2, 0.25) is 0 Å². The highest BCUT2D eigenvalue weighted by Crippen LogP contribution is 2.55. The van der Waals surface area contributed by atoms with Gasteiger partial charge in [-0.15, -0.1) is 25.7 Å². The molecule has 15 aromatic rings. The molecule has 1 unspecified atom stereocenters. The van der Waals surface area contributed by atoms with E-state index in [1.54, 1.807) is 0 Å². The summed E-state index contributed by atoms with van der Waals surface area (Å²) in [6, 6.07) is 99.7. The third-order valence-electron chi connectivity index (χ3n) is 23.5. The van der Waals surface area contributed by atoms with Crippen LogP contribution < -0.4 is 18.9 Å². The maximum atomic E-state index is 6.05. The van der Waals surface area contributed by atoms with Crippen molar-refractivity contribution in [3.8, 4) is 139 Å². The smallest absolute Gasteiger partial charge is 0.148 e. The molecule has 0 spiro atoms. The average Bonchev–Trinajstić information content (AvgIpc) is 1.64. The number of aromatic nitrogens is 4.